The van der Waals surface area contributed by atoms with E-state index in [9.17, 15) is 23.0 Å². The maximum atomic E-state index is 12.5. The smallest absolute Gasteiger partial charge is 0.493 e. The van der Waals surface area contributed by atoms with Crippen molar-refractivity contribution >= 4 is 35.2 Å². The molecule has 2 amide bonds. The molecule has 3 rings (SSSR count). The topological polar surface area (TPSA) is 222 Å². The maximum absolute atomic E-state index is 12.5. The van der Waals surface area contributed by atoms with Gasteiger partial charge in [-0.05, 0) is 55.5 Å². The van der Waals surface area contributed by atoms with E-state index in [4.69, 9.17) is 29.8 Å². The van der Waals surface area contributed by atoms with E-state index in [0.717, 1.165) is 31.2 Å². The van der Waals surface area contributed by atoms with Crippen LogP contribution in [0.3, 0.4) is 0 Å². The number of carbonyl (C=O) groups excluding carboxylic acids is 2. The molecule has 1 atom stereocenters. The molecular weight excluding hydrogens is 581 g/mol. The van der Waals surface area contributed by atoms with Crippen molar-refractivity contribution in [3.05, 3.63) is 54.1 Å². The highest BCUT2D eigenvalue weighted by molar-refractivity contribution is 7.85. The van der Waals surface area contributed by atoms with Gasteiger partial charge in [-0.15, -0.1) is 0 Å². The first-order valence-electron chi connectivity index (χ1n) is 13.7. The number of amides is 2. The summed E-state index contributed by atoms with van der Waals surface area (Å²) in [6, 6.07) is 12.6. The van der Waals surface area contributed by atoms with Gasteiger partial charge in [-0.1, -0.05) is 37.1 Å². The Kier molecular flexibility index (Phi) is 14.6. The van der Waals surface area contributed by atoms with E-state index in [1.165, 1.54) is 26.4 Å². The molecule has 0 aromatic heterocycles. The molecule has 43 heavy (non-hydrogen) atoms. The standard InChI is InChI=1S/C21H34BN5O6.C6H6O3S/c1-31-16-10-9-14(12-17(16)32-2)13-26-21(29)33-22(30)18(8-5-11-25-20(23)24)27-19(28)15-6-3-4-7-15;7-10(8,9)6-4-2-1-3-5-6/h9-10,12,15,18,30H,3-8,11,13H2,1-2H3,(H,26,29)(H,27,28)(H4,23,24,25);1-5H,(H,7,8,9). The number of ether oxygens (including phenoxy) is 2. The summed E-state index contributed by atoms with van der Waals surface area (Å²) in [6.07, 6.45) is 3.65. The summed E-state index contributed by atoms with van der Waals surface area (Å²) >= 11 is 0. The third kappa shape index (κ3) is 12.8. The summed E-state index contributed by atoms with van der Waals surface area (Å²) < 4.78 is 44.8. The molecule has 0 radical (unpaired) electrons. The fourth-order valence-electron chi connectivity index (χ4n) is 4.31. The number of rotatable bonds is 13. The Morgan fingerprint density at radius 2 is 1.72 bits per heavy atom. The monoisotopic (exact) mass is 621 g/mol. The van der Waals surface area contributed by atoms with E-state index in [0.29, 0.717) is 30.9 Å². The molecule has 0 aliphatic heterocycles. The molecule has 2 aromatic rings. The molecular formula is C27H40BN5O9S. The first kappa shape index (κ1) is 35.2. The van der Waals surface area contributed by atoms with Crippen molar-refractivity contribution in [1.82, 2.24) is 16.0 Å². The van der Waals surface area contributed by atoms with Gasteiger partial charge in [0, 0.05) is 19.0 Å². The second kappa shape index (κ2) is 17.8. The van der Waals surface area contributed by atoms with Gasteiger partial charge < -0.3 is 40.8 Å². The number of nitrogens with two attached hydrogens (primary N) is 1. The van der Waals surface area contributed by atoms with Gasteiger partial charge in [0.25, 0.3) is 10.1 Å². The molecule has 0 bridgehead atoms. The molecule has 236 valence electrons. The first-order chi connectivity index (χ1) is 20.4. The van der Waals surface area contributed by atoms with Crippen LogP contribution in [0.2, 0.25) is 0 Å². The van der Waals surface area contributed by atoms with E-state index in [1.54, 1.807) is 36.4 Å². The van der Waals surface area contributed by atoms with Crippen molar-refractivity contribution in [3.63, 3.8) is 0 Å². The number of methoxy groups -OCH3 is 2. The molecule has 16 heteroatoms. The summed E-state index contributed by atoms with van der Waals surface area (Å²) in [5.41, 5.74) is 6.03. The fourth-order valence-corrected chi connectivity index (χ4v) is 4.81. The van der Waals surface area contributed by atoms with Gasteiger partial charge in [-0.3, -0.25) is 14.8 Å². The third-order valence-electron chi connectivity index (χ3n) is 6.56. The number of guanidine groups is 1. The molecule has 0 saturated heterocycles. The van der Waals surface area contributed by atoms with Gasteiger partial charge in [0.1, 0.15) is 0 Å². The van der Waals surface area contributed by atoms with Crippen molar-refractivity contribution in [2.45, 2.75) is 55.9 Å². The molecule has 14 nitrogen and oxygen atoms in total. The molecule has 0 heterocycles. The summed E-state index contributed by atoms with van der Waals surface area (Å²) in [6.45, 7) is 0.539. The highest BCUT2D eigenvalue weighted by Gasteiger charge is 2.34. The molecule has 1 aliphatic rings. The summed E-state index contributed by atoms with van der Waals surface area (Å²) in [5, 5.41) is 25.8. The predicted octanol–water partition coefficient (Wildman–Crippen LogP) is 1.82. The third-order valence-corrected chi connectivity index (χ3v) is 7.43. The van der Waals surface area contributed by atoms with Gasteiger partial charge in [-0.2, -0.15) is 8.42 Å². The predicted molar refractivity (Wildman–Crippen MR) is 160 cm³/mol. The Hall–Kier alpha value is -4.02. The lowest BCUT2D eigenvalue weighted by Crippen LogP contribution is -2.51. The largest absolute Gasteiger partial charge is 0.549 e. The zero-order valence-corrected chi connectivity index (χ0v) is 25.1. The van der Waals surface area contributed by atoms with E-state index < -0.39 is 29.3 Å². The van der Waals surface area contributed by atoms with E-state index in [2.05, 4.69) is 16.0 Å². The highest BCUT2D eigenvalue weighted by atomic mass is 32.2. The number of carbonyl (C=O) groups is 2. The van der Waals surface area contributed by atoms with Crippen LogP contribution < -0.4 is 31.2 Å². The molecule has 1 unspecified atom stereocenters. The van der Waals surface area contributed by atoms with Gasteiger partial charge in [-0.25, -0.2) is 4.79 Å². The Morgan fingerprint density at radius 1 is 1.07 bits per heavy atom. The summed E-state index contributed by atoms with van der Waals surface area (Å²) in [7, 11) is -2.48. The molecule has 1 aliphatic carbocycles. The Balaban J connectivity index is 0.000000543. The molecule has 1 fully saturated rings. The second-order valence-corrected chi connectivity index (χ2v) is 11.1. The second-order valence-electron chi connectivity index (χ2n) is 9.71. The first-order valence-corrected chi connectivity index (χ1v) is 15.1. The lowest BCUT2D eigenvalue weighted by molar-refractivity contribution is -0.125. The van der Waals surface area contributed by atoms with E-state index in [1.807, 2.05) is 0 Å². The van der Waals surface area contributed by atoms with E-state index >= 15 is 0 Å². The van der Waals surface area contributed by atoms with Crippen LogP contribution in [0, 0.1) is 11.3 Å². The van der Waals surface area contributed by atoms with Gasteiger partial charge in [0.15, 0.2) is 17.5 Å². The summed E-state index contributed by atoms with van der Waals surface area (Å²) in [5.74, 6) is -0.0793. The van der Waals surface area contributed by atoms with Gasteiger partial charge in [0.05, 0.1) is 25.1 Å². The fraction of sp³-hybridized carbons (Fsp3) is 0.444. The average molecular weight is 622 g/mol. The van der Waals surface area contributed by atoms with Crippen molar-refractivity contribution < 1.29 is 41.7 Å². The molecule has 8 N–H and O–H groups in total. The van der Waals surface area contributed by atoms with Crippen LogP contribution >= 0.6 is 0 Å². The van der Waals surface area contributed by atoms with E-state index in [-0.39, 0.29) is 29.2 Å². The van der Waals surface area contributed by atoms with Crippen LogP contribution in [0.4, 0.5) is 4.79 Å². The Bertz CT molecular complexity index is 1300. The van der Waals surface area contributed by atoms with Crippen LogP contribution in [-0.2, 0) is 26.1 Å². The Labute approximate surface area is 252 Å². The number of hydrogen-bond donors (Lipinski definition) is 7. The zero-order chi connectivity index (χ0) is 31.8. The maximum Gasteiger partial charge on any atom is 0.549 e. The molecule has 1 saturated carbocycles. The van der Waals surface area contributed by atoms with Crippen LogP contribution in [0.15, 0.2) is 53.4 Å². The van der Waals surface area contributed by atoms with Crippen molar-refractivity contribution in [2.75, 3.05) is 20.8 Å². The van der Waals surface area contributed by atoms with Gasteiger partial charge in [0.2, 0.25) is 5.91 Å². The van der Waals surface area contributed by atoms with Crippen LogP contribution in [0.25, 0.3) is 0 Å². The van der Waals surface area contributed by atoms with Gasteiger partial charge >= 0.3 is 13.2 Å². The zero-order valence-electron chi connectivity index (χ0n) is 24.2. The Morgan fingerprint density at radius 3 is 2.28 bits per heavy atom. The quantitative estimate of drug-likeness (QED) is 0.0562. The van der Waals surface area contributed by atoms with Crippen LogP contribution in [-0.4, -0.2) is 69.8 Å². The number of benzene rings is 2. The van der Waals surface area contributed by atoms with Crippen LogP contribution in [0.5, 0.6) is 11.5 Å². The SMILES string of the molecule is COc1ccc(CNC(=O)OB(O)C(CCCNC(=N)N)NC(=O)C2CCCC2)cc1OC.O=S(=O)(O)c1ccccc1. The van der Waals surface area contributed by atoms with Crippen LogP contribution in [0.1, 0.15) is 44.1 Å². The van der Waals surface area contributed by atoms with Crippen molar-refractivity contribution in [3.8, 4) is 11.5 Å². The normalized spacial score (nSPS) is 13.5. The van der Waals surface area contributed by atoms with Crippen molar-refractivity contribution in [2.24, 2.45) is 11.7 Å². The summed E-state index contributed by atoms with van der Waals surface area (Å²) in [4.78, 5) is 24.7. The van der Waals surface area contributed by atoms with Crippen molar-refractivity contribution in [1.29, 1.82) is 5.41 Å². The number of nitrogens with one attached hydrogen (secondary N) is 4. The average Bonchev–Trinajstić information content (AvgIpc) is 3.53. The highest BCUT2D eigenvalue weighted by Crippen LogP contribution is 2.27. The molecule has 0 spiro atoms. The number of hydrogen-bond acceptors (Lipinski definition) is 9. The lowest BCUT2D eigenvalue weighted by Gasteiger charge is -2.22. The minimum Gasteiger partial charge on any atom is -0.493 e. The lowest BCUT2D eigenvalue weighted by atomic mass is 9.75. The minimum absolute atomic E-state index is 0.0741. The molecule has 2 aromatic carbocycles. The minimum atomic E-state index is -4.00.